The van der Waals surface area contributed by atoms with Gasteiger partial charge < -0.3 is 25.4 Å². The highest BCUT2D eigenvalue weighted by Crippen LogP contribution is 2.14. The maximum atomic E-state index is 13.3. The molecule has 1 saturated heterocycles. The second-order valence-corrected chi connectivity index (χ2v) is 10.0. The summed E-state index contributed by atoms with van der Waals surface area (Å²) in [6, 6.07) is 7.82. The van der Waals surface area contributed by atoms with Gasteiger partial charge in [0.15, 0.2) is 0 Å². The molecular formula is C26H39N3O6S. The van der Waals surface area contributed by atoms with Crippen LogP contribution in [0, 0.1) is 5.92 Å². The van der Waals surface area contributed by atoms with Crippen molar-refractivity contribution in [1.82, 2.24) is 16.0 Å². The molecule has 0 aromatic heterocycles. The molecule has 1 fully saturated rings. The van der Waals surface area contributed by atoms with Crippen LogP contribution in [0.15, 0.2) is 30.3 Å². The summed E-state index contributed by atoms with van der Waals surface area (Å²) >= 11 is 1.58. The van der Waals surface area contributed by atoms with E-state index in [0.29, 0.717) is 31.4 Å². The van der Waals surface area contributed by atoms with Crippen molar-refractivity contribution in [2.75, 3.05) is 25.7 Å². The molecule has 3 amide bonds. The molecule has 200 valence electrons. The van der Waals surface area contributed by atoms with Gasteiger partial charge in [0.05, 0.1) is 19.8 Å². The van der Waals surface area contributed by atoms with E-state index in [1.165, 1.54) is 7.11 Å². The van der Waals surface area contributed by atoms with E-state index in [1.54, 1.807) is 11.8 Å². The quantitative estimate of drug-likeness (QED) is 0.301. The van der Waals surface area contributed by atoms with E-state index in [1.807, 2.05) is 50.4 Å². The second kappa shape index (κ2) is 15.5. The van der Waals surface area contributed by atoms with Crippen molar-refractivity contribution >= 4 is 35.5 Å². The van der Waals surface area contributed by atoms with Crippen molar-refractivity contribution < 1.29 is 28.7 Å². The fraction of sp³-hybridized carbons (Fsp3) is 0.615. The number of carbonyl (C=O) groups is 4. The van der Waals surface area contributed by atoms with Gasteiger partial charge in [0.1, 0.15) is 18.2 Å². The van der Waals surface area contributed by atoms with Gasteiger partial charge in [-0.05, 0) is 36.3 Å². The lowest BCUT2D eigenvalue weighted by Gasteiger charge is -2.28. The number of esters is 1. The normalized spacial score (nSPS) is 18.4. The van der Waals surface area contributed by atoms with E-state index in [0.717, 1.165) is 12.0 Å². The number of thioether (sulfide) groups is 1. The van der Waals surface area contributed by atoms with Gasteiger partial charge in [-0.25, -0.2) is 4.79 Å². The maximum Gasteiger partial charge on any atom is 0.328 e. The molecular weight excluding hydrogens is 482 g/mol. The summed E-state index contributed by atoms with van der Waals surface area (Å²) in [6.45, 7) is 4.13. The van der Waals surface area contributed by atoms with Crippen molar-refractivity contribution in [3.63, 3.8) is 0 Å². The number of benzene rings is 1. The molecule has 5 atom stereocenters. The number of nitrogens with one attached hydrogen (secondary N) is 3. The molecule has 1 heterocycles. The lowest BCUT2D eigenvalue weighted by atomic mass is 9.99. The van der Waals surface area contributed by atoms with E-state index in [2.05, 4.69) is 16.0 Å². The number of amides is 3. The molecule has 1 aromatic rings. The number of hydrogen-bond donors (Lipinski definition) is 3. The van der Waals surface area contributed by atoms with Gasteiger partial charge in [0.2, 0.25) is 17.7 Å². The minimum absolute atomic E-state index is 0.0795. The summed E-state index contributed by atoms with van der Waals surface area (Å²) in [5.74, 6) is -0.526. The Kier molecular flexibility index (Phi) is 12.8. The van der Waals surface area contributed by atoms with E-state index < -0.39 is 30.1 Å². The summed E-state index contributed by atoms with van der Waals surface area (Å²) in [4.78, 5) is 49.8. The predicted molar refractivity (Wildman–Crippen MR) is 139 cm³/mol. The zero-order chi connectivity index (χ0) is 26.5. The molecule has 1 aromatic carbocycles. The maximum absolute atomic E-state index is 13.3. The Morgan fingerprint density at radius 1 is 1.19 bits per heavy atom. The molecule has 10 heteroatoms. The monoisotopic (exact) mass is 521 g/mol. The lowest BCUT2D eigenvalue weighted by molar-refractivity contribution is -0.147. The minimum Gasteiger partial charge on any atom is -0.467 e. The predicted octanol–water partition coefficient (Wildman–Crippen LogP) is 1.83. The molecule has 0 bridgehead atoms. The fourth-order valence-electron chi connectivity index (χ4n) is 3.89. The molecule has 3 N–H and O–H groups in total. The second-order valence-electron chi connectivity index (χ2n) is 9.04. The van der Waals surface area contributed by atoms with Crippen molar-refractivity contribution in [2.45, 2.75) is 70.2 Å². The topological polar surface area (TPSA) is 123 Å². The molecule has 0 saturated carbocycles. The third kappa shape index (κ3) is 9.46. The van der Waals surface area contributed by atoms with Crippen LogP contribution in [0.25, 0.3) is 0 Å². The van der Waals surface area contributed by atoms with E-state index in [-0.39, 0.29) is 30.4 Å². The van der Waals surface area contributed by atoms with E-state index in [9.17, 15) is 19.2 Å². The van der Waals surface area contributed by atoms with Gasteiger partial charge in [-0.3, -0.25) is 14.4 Å². The molecule has 2 rings (SSSR count). The van der Waals surface area contributed by atoms with Crippen molar-refractivity contribution in [3.05, 3.63) is 35.9 Å². The first-order valence-electron chi connectivity index (χ1n) is 12.4. The summed E-state index contributed by atoms with van der Waals surface area (Å²) in [5.41, 5.74) is 0.911. The number of hydrogen-bond acceptors (Lipinski definition) is 7. The van der Waals surface area contributed by atoms with Crippen LogP contribution in [0.5, 0.6) is 0 Å². The van der Waals surface area contributed by atoms with Crippen molar-refractivity contribution in [2.24, 2.45) is 5.92 Å². The Labute approximate surface area is 217 Å². The van der Waals surface area contributed by atoms with Crippen LogP contribution in [0.3, 0.4) is 0 Å². The van der Waals surface area contributed by atoms with Gasteiger partial charge >= 0.3 is 5.97 Å². The van der Waals surface area contributed by atoms with Gasteiger partial charge in [0, 0.05) is 12.8 Å². The highest BCUT2D eigenvalue weighted by Gasteiger charge is 2.31. The number of rotatable bonds is 15. The molecule has 0 spiro atoms. The number of carbonyl (C=O) groups excluding carboxylic acids is 4. The summed E-state index contributed by atoms with van der Waals surface area (Å²) in [6.07, 6.45) is 3.39. The number of ether oxygens (including phenoxy) is 2. The summed E-state index contributed by atoms with van der Waals surface area (Å²) < 4.78 is 11.0. The largest absolute Gasteiger partial charge is 0.467 e. The third-order valence-electron chi connectivity index (χ3n) is 6.42. The fourth-order valence-corrected chi connectivity index (χ4v) is 4.37. The average molecular weight is 522 g/mol. The van der Waals surface area contributed by atoms with E-state index in [4.69, 9.17) is 9.47 Å². The molecule has 1 aliphatic rings. The first-order chi connectivity index (χ1) is 17.3. The van der Waals surface area contributed by atoms with Gasteiger partial charge in [-0.1, -0.05) is 50.6 Å². The highest BCUT2D eigenvalue weighted by atomic mass is 32.2. The Hall–Kier alpha value is -2.59. The van der Waals surface area contributed by atoms with E-state index >= 15 is 0 Å². The van der Waals surface area contributed by atoms with Crippen molar-refractivity contribution in [1.29, 1.82) is 0 Å². The zero-order valence-corrected chi connectivity index (χ0v) is 22.4. The Morgan fingerprint density at radius 3 is 2.50 bits per heavy atom. The molecule has 0 radical (unpaired) electrons. The summed E-state index contributed by atoms with van der Waals surface area (Å²) in [5, 5.41) is 8.48. The first-order valence-corrected chi connectivity index (χ1v) is 13.8. The third-order valence-corrected chi connectivity index (χ3v) is 7.06. The van der Waals surface area contributed by atoms with Gasteiger partial charge in [-0.2, -0.15) is 11.8 Å². The van der Waals surface area contributed by atoms with Crippen LogP contribution < -0.4 is 16.0 Å². The van der Waals surface area contributed by atoms with Crippen LogP contribution >= 0.6 is 11.8 Å². The number of methoxy groups -OCH3 is 1. The van der Waals surface area contributed by atoms with Crippen LogP contribution in [0.1, 0.15) is 45.1 Å². The Balaban J connectivity index is 2.13. The molecule has 36 heavy (non-hydrogen) atoms. The smallest absolute Gasteiger partial charge is 0.328 e. The standard InChI is InChI=1S/C26H39N3O6S/c1-5-17(2)21(29-24(31)19-11-12-23(30)27-19)16-35-22(15-18-9-7-6-8-10-18)25(32)28-20(13-14-36-4)26(33)34-3/h6-10,17,19-22H,5,11-16H2,1-4H3,(H,27,30)(H,28,32)(H,29,31)/t17-,19?,20-,21+,22-/m0/s1. The minimum atomic E-state index is -0.872. The molecule has 1 aliphatic heterocycles. The zero-order valence-electron chi connectivity index (χ0n) is 21.6. The molecule has 1 unspecified atom stereocenters. The van der Waals surface area contributed by atoms with Gasteiger partial charge in [0.25, 0.3) is 0 Å². The van der Waals surface area contributed by atoms with Crippen LogP contribution in [-0.4, -0.2) is 73.6 Å². The molecule has 9 nitrogen and oxygen atoms in total. The highest BCUT2D eigenvalue weighted by molar-refractivity contribution is 7.98. The van der Waals surface area contributed by atoms with Crippen molar-refractivity contribution in [3.8, 4) is 0 Å². The lowest BCUT2D eigenvalue weighted by Crippen LogP contribution is -2.51. The van der Waals surface area contributed by atoms with Crippen LogP contribution in [-0.2, 0) is 35.1 Å². The first kappa shape index (κ1) is 29.6. The van der Waals surface area contributed by atoms with Gasteiger partial charge in [-0.15, -0.1) is 0 Å². The SMILES string of the molecule is CC[C@H](C)[C@@H](CO[C@@H](Cc1ccccc1)C(=O)N[C@@H](CCSC)C(=O)OC)NC(=O)C1CCC(=O)N1. The Morgan fingerprint density at radius 2 is 1.92 bits per heavy atom. The average Bonchev–Trinajstić information content (AvgIpc) is 3.33. The molecule has 0 aliphatic carbocycles. The van der Waals surface area contributed by atoms with Crippen LogP contribution in [0.2, 0.25) is 0 Å². The summed E-state index contributed by atoms with van der Waals surface area (Å²) in [7, 11) is 1.30. The Bertz CT molecular complexity index is 868. The van der Waals surface area contributed by atoms with Crippen LogP contribution in [0.4, 0.5) is 0 Å².